The van der Waals surface area contributed by atoms with Crippen LogP contribution in [0.4, 0.5) is 0 Å². The van der Waals surface area contributed by atoms with Crippen LogP contribution >= 0.6 is 0 Å². The van der Waals surface area contributed by atoms with Crippen molar-refractivity contribution in [3.05, 3.63) is 101 Å². The van der Waals surface area contributed by atoms with E-state index in [1.54, 1.807) is 6.07 Å². The Labute approximate surface area is 137 Å². The first-order valence-electron chi connectivity index (χ1n) is 8.25. The van der Waals surface area contributed by atoms with Crippen LogP contribution in [0.1, 0.15) is 40.5 Å². The Morgan fingerprint density at radius 2 is 1.35 bits per heavy atom. The Hall–Kier alpha value is -2.54. The second-order valence-corrected chi connectivity index (χ2v) is 6.29. The SMILES string of the molecule is Oc1ccccc1[C@H]1c2ccccc2CC[C@H]1c1ccccc1. The van der Waals surface area contributed by atoms with Gasteiger partial charge in [-0.2, -0.15) is 0 Å². The van der Waals surface area contributed by atoms with Crippen molar-refractivity contribution in [2.75, 3.05) is 0 Å². The number of phenols is 1. The molecule has 23 heavy (non-hydrogen) atoms. The van der Waals surface area contributed by atoms with E-state index in [-0.39, 0.29) is 5.92 Å². The molecule has 3 aromatic rings. The van der Waals surface area contributed by atoms with Crippen molar-refractivity contribution < 1.29 is 5.11 Å². The van der Waals surface area contributed by atoms with Gasteiger partial charge in [0.25, 0.3) is 0 Å². The molecule has 0 fully saturated rings. The Balaban J connectivity index is 1.89. The molecule has 0 amide bonds. The van der Waals surface area contributed by atoms with Gasteiger partial charge in [-0.15, -0.1) is 0 Å². The summed E-state index contributed by atoms with van der Waals surface area (Å²) in [5.41, 5.74) is 5.16. The second-order valence-electron chi connectivity index (χ2n) is 6.29. The van der Waals surface area contributed by atoms with Gasteiger partial charge in [-0.1, -0.05) is 72.8 Å². The third-order valence-electron chi connectivity index (χ3n) is 5.02. The zero-order chi connectivity index (χ0) is 15.6. The molecule has 0 aliphatic heterocycles. The summed E-state index contributed by atoms with van der Waals surface area (Å²) < 4.78 is 0. The van der Waals surface area contributed by atoms with Gasteiger partial charge >= 0.3 is 0 Å². The molecular weight excluding hydrogens is 280 g/mol. The van der Waals surface area contributed by atoms with Crippen LogP contribution in [0.5, 0.6) is 5.75 Å². The van der Waals surface area contributed by atoms with E-state index in [0.717, 1.165) is 18.4 Å². The average molecular weight is 300 g/mol. The van der Waals surface area contributed by atoms with Gasteiger partial charge in [-0.3, -0.25) is 0 Å². The summed E-state index contributed by atoms with van der Waals surface area (Å²) in [6, 6.07) is 27.2. The molecule has 0 radical (unpaired) electrons. The fraction of sp³-hybridized carbons (Fsp3) is 0.182. The summed E-state index contributed by atoms with van der Waals surface area (Å²) in [6.45, 7) is 0. The number of rotatable bonds is 2. The van der Waals surface area contributed by atoms with Crippen LogP contribution in [-0.4, -0.2) is 5.11 Å². The van der Waals surface area contributed by atoms with Crippen LogP contribution in [0.2, 0.25) is 0 Å². The molecule has 0 heterocycles. The monoisotopic (exact) mass is 300 g/mol. The molecule has 0 saturated carbocycles. The molecule has 2 atom stereocenters. The molecule has 0 saturated heterocycles. The number of aromatic hydroxyl groups is 1. The van der Waals surface area contributed by atoms with E-state index in [9.17, 15) is 5.11 Å². The molecule has 114 valence electrons. The fourth-order valence-electron chi connectivity index (χ4n) is 3.95. The number of para-hydroxylation sites is 1. The molecule has 3 aromatic carbocycles. The Bertz CT molecular complexity index is 807. The maximum atomic E-state index is 10.5. The van der Waals surface area contributed by atoms with Gasteiger partial charge < -0.3 is 5.11 Å². The molecule has 0 spiro atoms. The van der Waals surface area contributed by atoms with Gasteiger partial charge in [-0.25, -0.2) is 0 Å². The lowest BCUT2D eigenvalue weighted by atomic mass is 9.69. The molecule has 1 N–H and O–H groups in total. The quantitative estimate of drug-likeness (QED) is 0.685. The van der Waals surface area contributed by atoms with Gasteiger partial charge in [0.2, 0.25) is 0 Å². The van der Waals surface area contributed by atoms with E-state index in [0.29, 0.717) is 11.7 Å². The third-order valence-corrected chi connectivity index (χ3v) is 5.02. The number of phenolic OH excluding ortho intramolecular Hbond substituents is 1. The summed E-state index contributed by atoms with van der Waals surface area (Å²) >= 11 is 0. The first-order valence-corrected chi connectivity index (χ1v) is 8.25. The minimum atomic E-state index is 0.212. The Morgan fingerprint density at radius 1 is 0.696 bits per heavy atom. The highest BCUT2D eigenvalue weighted by Crippen LogP contribution is 2.48. The molecule has 1 aliphatic carbocycles. The zero-order valence-corrected chi connectivity index (χ0v) is 13.0. The van der Waals surface area contributed by atoms with Crippen LogP contribution in [0.3, 0.4) is 0 Å². The average Bonchev–Trinajstić information content (AvgIpc) is 2.62. The molecule has 1 heteroatoms. The van der Waals surface area contributed by atoms with Crippen molar-refractivity contribution in [2.45, 2.75) is 24.7 Å². The Kier molecular flexibility index (Phi) is 3.63. The molecule has 1 aliphatic rings. The summed E-state index contributed by atoms with van der Waals surface area (Å²) in [7, 11) is 0. The van der Waals surface area contributed by atoms with Crippen molar-refractivity contribution in [3.8, 4) is 5.75 Å². The van der Waals surface area contributed by atoms with Crippen molar-refractivity contribution in [3.63, 3.8) is 0 Å². The normalized spacial score (nSPS) is 20.0. The van der Waals surface area contributed by atoms with Crippen molar-refractivity contribution in [2.24, 2.45) is 0 Å². The first kappa shape index (κ1) is 14.1. The van der Waals surface area contributed by atoms with E-state index < -0.39 is 0 Å². The minimum absolute atomic E-state index is 0.212. The Morgan fingerprint density at radius 3 is 2.13 bits per heavy atom. The van der Waals surface area contributed by atoms with E-state index in [4.69, 9.17) is 0 Å². The highest BCUT2D eigenvalue weighted by Gasteiger charge is 2.32. The predicted molar refractivity (Wildman–Crippen MR) is 93.9 cm³/mol. The maximum Gasteiger partial charge on any atom is 0.119 e. The topological polar surface area (TPSA) is 20.2 Å². The molecule has 4 rings (SSSR count). The van der Waals surface area contributed by atoms with Gasteiger partial charge in [0.15, 0.2) is 0 Å². The number of aryl methyl sites for hydroxylation is 1. The van der Waals surface area contributed by atoms with Crippen molar-refractivity contribution >= 4 is 0 Å². The lowest BCUT2D eigenvalue weighted by molar-refractivity contribution is 0.448. The van der Waals surface area contributed by atoms with E-state index in [2.05, 4.69) is 60.7 Å². The summed E-state index contributed by atoms with van der Waals surface area (Å²) in [5, 5.41) is 10.5. The minimum Gasteiger partial charge on any atom is -0.508 e. The molecule has 0 bridgehead atoms. The van der Waals surface area contributed by atoms with Gasteiger partial charge in [0.1, 0.15) is 5.75 Å². The molecule has 1 nitrogen and oxygen atoms in total. The van der Waals surface area contributed by atoms with Crippen LogP contribution < -0.4 is 0 Å². The number of fused-ring (bicyclic) bond motifs is 1. The lowest BCUT2D eigenvalue weighted by Gasteiger charge is -2.35. The summed E-state index contributed by atoms with van der Waals surface area (Å²) in [5.74, 6) is 1.01. The van der Waals surface area contributed by atoms with Gasteiger partial charge in [0.05, 0.1) is 0 Å². The number of benzene rings is 3. The summed E-state index contributed by atoms with van der Waals surface area (Å²) in [4.78, 5) is 0. The van der Waals surface area contributed by atoms with Crippen molar-refractivity contribution in [1.82, 2.24) is 0 Å². The van der Waals surface area contributed by atoms with Crippen LogP contribution in [-0.2, 0) is 6.42 Å². The predicted octanol–water partition coefficient (Wildman–Crippen LogP) is 5.25. The van der Waals surface area contributed by atoms with Crippen LogP contribution in [0, 0.1) is 0 Å². The van der Waals surface area contributed by atoms with E-state index >= 15 is 0 Å². The standard InChI is InChI=1S/C22H20O/c23-21-13-7-6-12-20(21)22-18-11-5-4-10-17(18)14-15-19(22)16-8-2-1-3-9-16/h1-13,19,22-23H,14-15H2/t19-,22-/m0/s1. The largest absolute Gasteiger partial charge is 0.508 e. The smallest absolute Gasteiger partial charge is 0.119 e. The highest BCUT2D eigenvalue weighted by atomic mass is 16.3. The lowest BCUT2D eigenvalue weighted by Crippen LogP contribution is -2.20. The zero-order valence-electron chi connectivity index (χ0n) is 13.0. The van der Waals surface area contributed by atoms with Gasteiger partial charge in [-0.05, 0) is 41.5 Å². The van der Waals surface area contributed by atoms with E-state index in [1.807, 2.05) is 12.1 Å². The second kappa shape index (κ2) is 5.92. The van der Waals surface area contributed by atoms with Crippen molar-refractivity contribution in [1.29, 1.82) is 0 Å². The third kappa shape index (κ3) is 2.53. The number of hydrogen-bond acceptors (Lipinski definition) is 1. The van der Waals surface area contributed by atoms with E-state index in [1.165, 1.54) is 16.7 Å². The first-order chi connectivity index (χ1) is 11.3. The van der Waals surface area contributed by atoms with Gasteiger partial charge in [0, 0.05) is 11.5 Å². The van der Waals surface area contributed by atoms with Crippen LogP contribution in [0.25, 0.3) is 0 Å². The summed E-state index contributed by atoms with van der Waals surface area (Å²) in [6.07, 6.45) is 2.21. The number of hydrogen-bond donors (Lipinski definition) is 1. The highest BCUT2D eigenvalue weighted by molar-refractivity contribution is 5.49. The fourth-order valence-corrected chi connectivity index (χ4v) is 3.95. The maximum absolute atomic E-state index is 10.5. The molecular formula is C22H20O. The molecule has 0 aromatic heterocycles. The molecule has 0 unspecified atom stereocenters. The van der Waals surface area contributed by atoms with Crippen LogP contribution in [0.15, 0.2) is 78.9 Å².